The van der Waals surface area contributed by atoms with Gasteiger partial charge in [0, 0.05) is 0 Å². The topological polar surface area (TPSA) is 241 Å². The van der Waals surface area contributed by atoms with Crippen molar-refractivity contribution in [2.75, 3.05) is 0 Å². The molecule has 0 aromatic rings. The van der Waals surface area contributed by atoms with Crippen LogP contribution in [0.4, 0.5) is 0 Å². The number of aliphatic hydroxyl groups excluding tert-OH is 4. The molecule has 0 radical (unpaired) electrons. The number of rotatable bonds is 4. The Morgan fingerprint density at radius 2 is 0.538 bits per heavy atom. The van der Waals surface area contributed by atoms with E-state index >= 15 is 0 Å². The van der Waals surface area contributed by atoms with E-state index in [4.69, 9.17) is 20.4 Å². The van der Waals surface area contributed by atoms with Crippen molar-refractivity contribution in [3.05, 3.63) is 0 Å². The number of aliphatic hydroxyl groups is 4. The van der Waals surface area contributed by atoms with Crippen molar-refractivity contribution in [2.45, 2.75) is 52.1 Å². The van der Waals surface area contributed by atoms with Gasteiger partial charge in [0.05, 0.1) is 48.3 Å². The van der Waals surface area contributed by atoms with Gasteiger partial charge in [-0.15, -0.1) is 0 Å². The Balaban J connectivity index is -0.0000000500. The molecular formula is C12H20Fe2O12. The number of carbonyl (C=O) groups excluding carboxylic acids is 4. The first-order valence-electron chi connectivity index (χ1n) is 6.13. The Labute approximate surface area is 170 Å². The van der Waals surface area contributed by atoms with Crippen molar-refractivity contribution in [1.29, 1.82) is 0 Å². The quantitative estimate of drug-likeness (QED) is 0.281. The van der Waals surface area contributed by atoms with E-state index in [1.807, 2.05) is 0 Å². The zero-order valence-corrected chi connectivity index (χ0v) is 16.3. The number of carboxylic acid groups (broad SMARTS) is 4. The number of hydrogen-bond donors (Lipinski definition) is 4. The summed E-state index contributed by atoms with van der Waals surface area (Å²) in [5.74, 6) is -5.74. The second-order valence-electron chi connectivity index (χ2n) is 3.98. The molecule has 156 valence electrons. The summed E-state index contributed by atoms with van der Waals surface area (Å²) >= 11 is 0. The normalized spacial score (nSPS) is 12.6. The third-order valence-corrected chi connectivity index (χ3v) is 1.36. The van der Waals surface area contributed by atoms with Crippen LogP contribution in [0.15, 0.2) is 0 Å². The molecule has 4 N–H and O–H groups in total. The van der Waals surface area contributed by atoms with E-state index in [1.54, 1.807) is 0 Å². The molecule has 26 heavy (non-hydrogen) atoms. The van der Waals surface area contributed by atoms with Gasteiger partial charge in [0.15, 0.2) is 0 Å². The van der Waals surface area contributed by atoms with E-state index in [2.05, 4.69) is 0 Å². The van der Waals surface area contributed by atoms with E-state index in [0.29, 0.717) is 0 Å². The SMILES string of the molecule is CC(O)C(=O)[O-].CC(O)C(=O)[O-].CC(O)C(=O)[O-].CC(O)C(=O)[O-].[Fe+2].[Fe+2]. The zero-order valence-electron chi connectivity index (χ0n) is 14.1. The van der Waals surface area contributed by atoms with Gasteiger partial charge >= 0.3 is 34.1 Å². The van der Waals surface area contributed by atoms with Gasteiger partial charge in [-0.3, -0.25) is 0 Å². The largest absolute Gasteiger partial charge is 2.00 e. The van der Waals surface area contributed by atoms with Gasteiger partial charge in [-0.1, -0.05) is 0 Å². The minimum absolute atomic E-state index is 0. The van der Waals surface area contributed by atoms with Gasteiger partial charge in [0.2, 0.25) is 0 Å². The van der Waals surface area contributed by atoms with Crippen LogP contribution in [0.5, 0.6) is 0 Å². The Morgan fingerprint density at radius 1 is 0.500 bits per heavy atom. The van der Waals surface area contributed by atoms with Crippen LogP contribution in [-0.4, -0.2) is 68.7 Å². The maximum atomic E-state index is 9.34. The van der Waals surface area contributed by atoms with Gasteiger partial charge in [0.1, 0.15) is 0 Å². The Morgan fingerprint density at radius 3 is 0.538 bits per heavy atom. The van der Waals surface area contributed by atoms with Crippen LogP contribution in [-0.2, 0) is 53.3 Å². The molecule has 14 heteroatoms. The van der Waals surface area contributed by atoms with Crippen LogP contribution in [0, 0.1) is 0 Å². The second-order valence-corrected chi connectivity index (χ2v) is 3.98. The summed E-state index contributed by atoms with van der Waals surface area (Å²) in [6, 6.07) is 0. The molecule has 0 saturated heterocycles. The van der Waals surface area contributed by atoms with Gasteiger partial charge in [-0.2, -0.15) is 0 Å². The maximum absolute atomic E-state index is 9.34. The monoisotopic (exact) mass is 468 g/mol. The van der Waals surface area contributed by atoms with Crippen molar-refractivity contribution in [2.24, 2.45) is 0 Å². The molecule has 0 aromatic carbocycles. The molecule has 0 aliphatic carbocycles. The van der Waals surface area contributed by atoms with E-state index in [-0.39, 0.29) is 34.1 Å². The fourth-order valence-corrected chi connectivity index (χ4v) is 0. The first-order valence-corrected chi connectivity index (χ1v) is 6.13. The zero-order chi connectivity index (χ0) is 20.6. The molecule has 0 heterocycles. The van der Waals surface area contributed by atoms with Crippen LogP contribution < -0.4 is 20.4 Å². The summed E-state index contributed by atoms with van der Waals surface area (Å²) in [6.07, 6.45) is -5.37. The molecule has 4 unspecified atom stereocenters. The Kier molecular flexibility index (Phi) is 36.3. The fraction of sp³-hybridized carbons (Fsp3) is 0.667. The molecule has 0 aliphatic rings. The van der Waals surface area contributed by atoms with Crippen LogP contribution in [0.25, 0.3) is 0 Å². The number of aliphatic carboxylic acids is 4. The molecule has 0 aromatic heterocycles. The first-order chi connectivity index (χ1) is 10.6. The van der Waals surface area contributed by atoms with Crippen LogP contribution in [0.3, 0.4) is 0 Å². The Bertz CT molecular complexity index is 310. The Hall–Kier alpha value is -1.24. The van der Waals surface area contributed by atoms with Crippen LogP contribution in [0.2, 0.25) is 0 Å². The fourth-order valence-electron chi connectivity index (χ4n) is 0. The van der Waals surface area contributed by atoms with E-state index < -0.39 is 48.3 Å². The van der Waals surface area contributed by atoms with E-state index in [0.717, 1.165) is 27.7 Å². The van der Waals surface area contributed by atoms with Gasteiger partial charge in [-0.05, 0) is 27.7 Å². The average molecular weight is 468 g/mol. The molecule has 0 rings (SSSR count). The molecule has 0 spiro atoms. The summed E-state index contributed by atoms with van der Waals surface area (Å²) in [5.41, 5.74) is 0. The molecule has 0 fully saturated rings. The molecule has 4 atom stereocenters. The maximum Gasteiger partial charge on any atom is 2.00 e. The number of hydrogen-bond acceptors (Lipinski definition) is 12. The molecular weight excluding hydrogens is 448 g/mol. The van der Waals surface area contributed by atoms with Crippen LogP contribution in [0.1, 0.15) is 27.7 Å². The van der Waals surface area contributed by atoms with Gasteiger partial charge < -0.3 is 60.0 Å². The van der Waals surface area contributed by atoms with Crippen molar-refractivity contribution < 1.29 is 94.2 Å². The smallest absolute Gasteiger partial charge is 0.547 e. The summed E-state index contributed by atoms with van der Waals surface area (Å²) in [7, 11) is 0. The van der Waals surface area contributed by atoms with Crippen LogP contribution >= 0.6 is 0 Å². The van der Waals surface area contributed by atoms with Gasteiger partial charge in [0.25, 0.3) is 0 Å². The van der Waals surface area contributed by atoms with Gasteiger partial charge in [-0.25, -0.2) is 0 Å². The minimum atomic E-state index is -1.44. The molecule has 0 aliphatic heterocycles. The molecule has 0 amide bonds. The number of carbonyl (C=O) groups is 4. The average Bonchev–Trinajstić information content (AvgIpc) is 2.40. The second kappa shape index (κ2) is 23.8. The summed E-state index contributed by atoms with van der Waals surface area (Å²) in [5, 5.41) is 69.2. The van der Waals surface area contributed by atoms with Crippen molar-refractivity contribution >= 4 is 23.9 Å². The third-order valence-electron chi connectivity index (χ3n) is 1.36. The summed E-state index contributed by atoms with van der Waals surface area (Å²) < 4.78 is 0. The summed E-state index contributed by atoms with van der Waals surface area (Å²) in [4.78, 5) is 37.4. The minimum Gasteiger partial charge on any atom is -0.547 e. The summed E-state index contributed by atoms with van der Waals surface area (Å²) in [6.45, 7) is 4.54. The molecule has 0 saturated carbocycles. The van der Waals surface area contributed by atoms with Crippen molar-refractivity contribution in [3.8, 4) is 0 Å². The number of carboxylic acids is 4. The van der Waals surface area contributed by atoms with Crippen molar-refractivity contribution in [3.63, 3.8) is 0 Å². The first kappa shape index (κ1) is 39.7. The molecule has 0 bridgehead atoms. The van der Waals surface area contributed by atoms with Crippen molar-refractivity contribution in [1.82, 2.24) is 0 Å². The van der Waals surface area contributed by atoms with E-state index in [1.165, 1.54) is 0 Å². The standard InChI is InChI=1S/4C3H6O3.2Fe/c4*1-2(4)3(5)6;;/h4*2,4H,1H3,(H,5,6);;/q;;;;2*+2/p-4. The predicted molar refractivity (Wildman–Crippen MR) is 66.8 cm³/mol. The molecule has 12 nitrogen and oxygen atoms in total. The van der Waals surface area contributed by atoms with E-state index in [9.17, 15) is 39.6 Å². The third kappa shape index (κ3) is 49.5. The predicted octanol–water partition coefficient (Wildman–Crippen LogP) is -7.54.